The Morgan fingerprint density at radius 3 is 2.46 bits per heavy atom. The van der Waals surface area contributed by atoms with Gasteiger partial charge in [0.25, 0.3) is 5.91 Å². The molecule has 2 fully saturated rings. The van der Waals surface area contributed by atoms with Crippen LogP contribution in [0.4, 0.5) is 13.2 Å². The Balaban J connectivity index is 1.77. The molecular weight excluding hydrogens is 375 g/mol. The molecule has 1 unspecified atom stereocenters. The predicted octanol–water partition coefficient (Wildman–Crippen LogP) is 2.93. The van der Waals surface area contributed by atoms with Gasteiger partial charge in [0.1, 0.15) is 11.4 Å². The summed E-state index contributed by atoms with van der Waals surface area (Å²) in [6, 6.07) is 1.27. The second kappa shape index (κ2) is 7.60. The number of pyridine rings is 1. The van der Waals surface area contributed by atoms with Crippen molar-refractivity contribution < 1.29 is 27.5 Å². The molecule has 9 heteroatoms. The maximum absolute atomic E-state index is 12.7. The largest absolute Gasteiger partial charge is 0.484 e. The van der Waals surface area contributed by atoms with Crippen molar-refractivity contribution in [3.05, 3.63) is 23.5 Å². The van der Waals surface area contributed by atoms with Gasteiger partial charge in [0.2, 0.25) is 5.91 Å². The van der Waals surface area contributed by atoms with Crippen molar-refractivity contribution in [2.45, 2.75) is 56.7 Å². The minimum absolute atomic E-state index is 0.0228. The zero-order valence-corrected chi connectivity index (χ0v) is 15.9. The predicted molar refractivity (Wildman–Crippen MR) is 95.0 cm³/mol. The number of amides is 2. The summed E-state index contributed by atoms with van der Waals surface area (Å²) in [5.74, 6) is -0.379. The first-order chi connectivity index (χ1) is 13.1. The first kappa shape index (κ1) is 20.4. The fourth-order valence-electron chi connectivity index (χ4n) is 3.31. The number of hydrogen-bond donors (Lipinski definition) is 2. The third kappa shape index (κ3) is 5.14. The molecule has 6 nitrogen and oxygen atoms in total. The van der Waals surface area contributed by atoms with Crippen LogP contribution < -0.4 is 15.4 Å². The van der Waals surface area contributed by atoms with Gasteiger partial charge in [-0.25, -0.2) is 0 Å². The minimum atomic E-state index is -4.47. The third-order valence-corrected chi connectivity index (χ3v) is 5.22. The van der Waals surface area contributed by atoms with Gasteiger partial charge in [0.15, 0.2) is 6.61 Å². The molecule has 0 saturated heterocycles. The van der Waals surface area contributed by atoms with Crippen LogP contribution in [0, 0.1) is 5.92 Å². The topological polar surface area (TPSA) is 80.3 Å². The van der Waals surface area contributed by atoms with Gasteiger partial charge in [0.05, 0.1) is 0 Å². The number of halogens is 3. The second-order valence-corrected chi connectivity index (χ2v) is 7.78. The quantitative estimate of drug-likeness (QED) is 0.704. The zero-order valence-electron chi connectivity index (χ0n) is 15.9. The highest BCUT2D eigenvalue weighted by Crippen LogP contribution is 2.45. The van der Waals surface area contributed by atoms with Crippen LogP contribution in [0.1, 0.15) is 61.0 Å². The monoisotopic (exact) mass is 399 g/mol. The number of hydrogen-bond acceptors (Lipinski definition) is 4. The molecule has 2 aliphatic carbocycles. The van der Waals surface area contributed by atoms with Gasteiger partial charge in [0, 0.05) is 36.8 Å². The maximum Gasteiger partial charge on any atom is 0.422 e. The number of rotatable bonds is 8. The Bertz CT molecular complexity index is 761. The van der Waals surface area contributed by atoms with Crippen molar-refractivity contribution >= 4 is 11.8 Å². The first-order valence-corrected chi connectivity index (χ1v) is 9.34. The van der Waals surface area contributed by atoms with Crippen LogP contribution >= 0.6 is 0 Å². The van der Waals surface area contributed by atoms with E-state index in [1.54, 1.807) is 6.92 Å². The summed E-state index contributed by atoms with van der Waals surface area (Å²) in [6.45, 7) is 0.381. The molecule has 2 amide bonds. The molecule has 1 aromatic rings. The highest BCUT2D eigenvalue weighted by molar-refractivity contribution is 5.93. The van der Waals surface area contributed by atoms with Crippen LogP contribution in [-0.4, -0.2) is 42.2 Å². The number of aromatic nitrogens is 1. The number of nitrogens with zero attached hydrogens (tertiary/aromatic N) is 1. The van der Waals surface area contributed by atoms with E-state index < -0.39 is 24.2 Å². The zero-order chi connectivity index (χ0) is 20.5. The average Bonchev–Trinajstić information content (AvgIpc) is 3.50. The Hall–Kier alpha value is -2.32. The third-order valence-electron chi connectivity index (χ3n) is 5.22. The Morgan fingerprint density at radius 2 is 1.93 bits per heavy atom. The number of carbonyl (C=O) groups is 2. The number of carbonyl (C=O) groups excluding carboxylic acids is 2. The van der Waals surface area contributed by atoms with E-state index in [0.29, 0.717) is 5.56 Å². The summed E-state index contributed by atoms with van der Waals surface area (Å²) in [5, 5.41) is 5.41. The fourth-order valence-corrected chi connectivity index (χ4v) is 3.31. The van der Waals surface area contributed by atoms with E-state index in [1.165, 1.54) is 19.3 Å². The molecule has 1 atom stereocenters. The molecule has 2 saturated carbocycles. The smallest absolute Gasteiger partial charge is 0.422 e. The summed E-state index contributed by atoms with van der Waals surface area (Å²) >= 11 is 0. The van der Waals surface area contributed by atoms with Gasteiger partial charge >= 0.3 is 6.18 Å². The van der Waals surface area contributed by atoms with Crippen LogP contribution in [0.5, 0.6) is 5.75 Å². The van der Waals surface area contributed by atoms with Crippen molar-refractivity contribution in [2.24, 2.45) is 5.92 Å². The van der Waals surface area contributed by atoms with Crippen molar-refractivity contribution in [3.63, 3.8) is 0 Å². The maximum atomic E-state index is 12.7. The van der Waals surface area contributed by atoms with E-state index in [9.17, 15) is 22.8 Å². The molecule has 28 heavy (non-hydrogen) atoms. The minimum Gasteiger partial charge on any atom is -0.484 e. The standard InChI is InChI=1S/C19H24F3N3O3/c1-18(12-5-6-12,8-16(26)23-2)25-17(27)14-7-15(28-10-19(20,21)22)13(9-24-14)11-3-4-11/h7,9,11-12H,3-6,8,10H2,1-2H3,(H,23,26)(H,25,27). The van der Waals surface area contributed by atoms with Gasteiger partial charge < -0.3 is 15.4 Å². The number of ether oxygens (including phenoxy) is 1. The van der Waals surface area contributed by atoms with Gasteiger partial charge in [-0.05, 0) is 44.4 Å². The lowest BCUT2D eigenvalue weighted by atomic mass is 9.91. The lowest BCUT2D eigenvalue weighted by Crippen LogP contribution is -2.50. The van der Waals surface area contributed by atoms with E-state index in [0.717, 1.165) is 25.7 Å². The van der Waals surface area contributed by atoms with Crippen molar-refractivity contribution in [2.75, 3.05) is 13.7 Å². The Labute approximate surface area is 161 Å². The molecule has 0 aromatic carbocycles. The van der Waals surface area contributed by atoms with Gasteiger partial charge in [-0.1, -0.05) is 0 Å². The molecule has 0 spiro atoms. The normalized spacial score (nSPS) is 18.9. The van der Waals surface area contributed by atoms with E-state index in [1.807, 2.05) is 0 Å². The SMILES string of the molecule is CNC(=O)CC(C)(NC(=O)c1cc(OCC(F)(F)F)c(C2CC2)cn1)C1CC1. The molecule has 1 heterocycles. The van der Waals surface area contributed by atoms with Crippen LogP contribution in [0.2, 0.25) is 0 Å². The second-order valence-electron chi connectivity index (χ2n) is 7.78. The van der Waals surface area contributed by atoms with Crippen molar-refractivity contribution in [3.8, 4) is 5.75 Å². The van der Waals surface area contributed by atoms with E-state index in [-0.39, 0.29) is 35.6 Å². The number of alkyl halides is 3. The molecule has 3 rings (SSSR count). The average molecular weight is 399 g/mol. The molecule has 154 valence electrons. The fraction of sp³-hybridized carbons (Fsp3) is 0.632. The van der Waals surface area contributed by atoms with Gasteiger partial charge in [-0.3, -0.25) is 14.6 Å². The molecule has 0 aliphatic heterocycles. The lowest BCUT2D eigenvalue weighted by Gasteiger charge is -2.30. The van der Waals surface area contributed by atoms with Crippen LogP contribution in [-0.2, 0) is 4.79 Å². The highest BCUT2D eigenvalue weighted by atomic mass is 19.4. The summed E-state index contributed by atoms with van der Waals surface area (Å²) in [4.78, 5) is 28.7. The van der Waals surface area contributed by atoms with Crippen LogP contribution in [0.15, 0.2) is 12.3 Å². The molecule has 2 aliphatic rings. The number of nitrogens with one attached hydrogen (secondary N) is 2. The van der Waals surface area contributed by atoms with Gasteiger partial charge in [-0.2, -0.15) is 13.2 Å². The van der Waals surface area contributed by atoms with Crippen LogP contribution in [0.3, 0.4) is 0 Å². The summed E-state index contributed by atoms with van der Waals surface area (Å²) in [7, 11) is 1.53. The summed E-state index contributed by atoms with van der Waals surface area (Å²) in [5.41, 5.74) is -0.164. The Morgan fingerprint density at radius 1 is 1.25 bits per heavy atom. The molecule has 0 radical (unpaired) electrons. The Kier molecular flexibility index (Phi) is 5.54. The molecule has 2 N–H and O–H groups in total. The van der Waals surface area contributed by atoms with Crippen molar-refractivity contribution in [1.82, 2.24) is 15.6 Å². The summed E-state index contributed by atoms with van der Waals surface area (Å²) in [6.07, 6.45) is 0.611. The van der Waals surface area contributed by atoms with E-state index in [4.69, 9.17) is 4.74 Å². The van der Waals surface area contributed by atoms with Crippen LogP contribution in [0.25, 0.3) is 0 Å². The van der Waals surface area contributed by atoms with Crippen molar-refractivity contribution in [1.29, 1.82) is 0 Å². The highest BCUT2D eigenvalue weighted by Gasteiger charge is 2.44. The molecule has 0 bridgehead atoms. The van der Waals surface area contributed by atoms with Gasteiger partial charge in [-0.15, -0.1) is 0 Å². The molecular formula is C19H24F3N3O3. The summed E-state index contributed by atoms with van der Waals surface area (Å²) < 4.78 is 42.6. The van der Waals surface area contributed by atoms with E-state index >= 15 is 0 Å². The van der Waals surface area contributed by atoms with E-state index in [2.05, 4.69) is 15.6 Å². The molecule has 1 aromatic heterocycles. The first-order valence-electron chi connectivity index (χ1n) is 9.34. The lowest BCUT2D eigenvalue weighted by molar-refractivity contribution is -0.153.